The molecule has 4 nitrogen and oxygen atoms in total. The van der Waals surface area contributed by atoms with Gasteiger partial charge in [-0.2, -0.15) is 5.10 Å². The fourth-order valence-corrected chi connectivity index (χ4v) is 3.54. The van der Waals surface area contributed by atoms with Crippen molar-refractivity contribution in [3.8, 4) is 0 Å². The highest BCUT2D eigenvalue weighted by Gasteiger charge is 2.07. The van der Waals surface area contributed by atoms with E-state index in [-0.39, 0.29) is 0 Å². The van der Waals surface area contributed by atoms with E-state index in [1.807, 2.05) is 16.7 Å². The van der Waals surface area contributed by atoms with Crippen molar-refractivity contribution in [3.05, 3.63) is 44.4 Å². The van der Waals surface area contributed by atoms with Crippen LogP contribution in [0.5, 0.6) is 0 Å². The molecule has 0 aliphatic heterocycles. The molecule has 1 heterocycles. The first-order valence-electron chi connectivity index (χ1n) is 6.26. The largest absolute Gasteiger partial charge is 0.383 e. The lowest BCUT2D eigenvalue weighted by molar-refractivity contribution is 0.186. The van der Waals surface area contributed by atoms with Crippen LogP contribution in [0.3, 0.4) is 0 Å². The van der Waals surface area contributed by atoms with E-state index in [9.17, 15) is 0 Å². The fraction of sp³-hybridized carbons (Fsp3) is 0.385. The third-order valence-electron chi connectivity index (χ3n) is 2.86. The molecule has 2 aromatic rings. The molecule has 114 valence electrons. The average Bonchev–Trinajstić information content (AvgIpc) is 2.80. The highest BCUT2D eigenvalue weighted by Crippen LogP contribution is 2.25. The van der Waals surface area contributed by atoms with Gasteiger partial charge in [0.25, 0.3) is 0 Å². The van der Waals surface area contributed by atoms with Crippen LogP contribution in [0.4, 0.5) is 0 Å². The molecule has 0 saturated carbocycles. The number of hydrogen-bond donors (Lipinski definition) is 1. The van der Waals surface area contributed by atoms with Gasteiger partial charge >= 0.3 is 0 Å². The van der Waals surface area contributed by atoms with Crippen LogP contribution in [0.25, 0.3) is 0 Å². The second-order valence-electron chi connectivity index (χ2n) is 4.32. The van der Waals surface area contributed by atoms with Crippen LogP contribution in [-0.4, -0.2) is 28.5 Å². The Labute approximate surface area is 142 Å². The van der Waals surface area contributed by atoms with E-state index in [4.69, 9.17) is 40.2 Å². The molecule has 0 aliphatic rings. The number of ether oxygens (including phenoxy) is 1. The fourth-order valence-electron chi connectivity index (χ4n) is 1.76. The van der Waals surface area contributed by atoms with E-state index in [1.54, 1.807) is 24.9 Å². The van der Waals surface area contributed by atoms with Gasteiger partial charge in [-0.15, -0.1) is 11.8 Å². The topological polar surface area (TPSA) is 42.8 Å². The van der Waals surface area contributed by atoms with Crippen molar-refractivity contribution in [2.45, 2.75) is 18.1 Å². The Morgan fingerprint density at radius 3 is 2.90 bits per heavy atom. The molecular formula is C13H15Cl2N3OS2. The van der Waals surface area contributed by atoms with Gasteiger partial charge in [-0.3, -0.25) is 5.10 Å². The Morgan fingerprint density at radius 1 is 1.38 bits per heavy atom. The zero-order valence-electron chi connectivity index (χ0n) is 11.4. The van der Waals surface area contributed by atoms with Crippen molar-refractivity contribution < 1.29 is 4.74 Å². The number of aromatic nitrogens is 3. The minimum absolute atomic E-state index is 0.606. The molecular weight excluding hydrogens is 349 g/mol. The molecule has 8 heteroatoms. The van der Waals surface area contributed by atoms with Crippen molar-refractivity contribution in [3.63, 3.8) is 0 Å². The molecule has 0 amide bonds. The number of nitrogens with one attached hydrogen (secondary N) is 1. The maximum Gasteiger partial charge on any atom is 0.195 e. The van der Waals surface area contributed by atoms with Crippen molar-refractivity contribution in [2.24, 2.45) is 0 Å². The zero-order valence-corrected chi connectivity index (χ0v) is 14.6. The molecule has 0 fully saturated rings. The van der Waals surface area contributed by atoms with Crippen molar-refractivity contribution in [1.29, 1.82) is 0 Å². The van der Waals surface area contributed by atoms with E-state index in [0.717, 1.165) is 22.9 Å². The Balaban J connectivity index is 1.96. The Bertz CT molecular complexity index is 657. The summed E-state index contributed by atoms with van der Waals surface area (Å²) >= 11 is 19.0. The summed E-state index contributed by atoms with van der Waals surface area (Å²) in [5.74, 6) is 2.45. The van der Waals surface area contributed by atoms with Gasteiger partial charge in [0, 0.05) is 22.9 Å². The summed E-state index contributed by atoms with van der Waals surface area (Å²) in [6.07, 6.45) is 0. The molecule has 2 rings (SSSR count). The maximum atomic E-state index is 6.16. The summed E-state index contributed by atoms with van der Waals surface area (Å²) in [4.78, 5) is 0. The highest BCUT2D eigenvalue weighted by molar-refractivity contribution is 7.97. The molecule has 0 spiro atoms. The molecule has 0 saturated heterocycles. The first-order valence-corrected chi connectivity index (χ1v) is 8.58. The summed E-state index contributed by atoms with van der Waals surface area (Å²) in [6, 6.07) is 5.55. The van der Waals surface area contributed by atoms with Crippen LogP contribution in [0.1, 0.15) is 11.4 Å². The van der Waals surface area contributed by atoms with Crippen LogP contribution in [0, 0.1) is 4.77 Å². The minimum Gasteiger partial charge on any atom is -0.383 e. The van der Waals surface area contributed by atoms with E-state index < -0.39 is 0 Å². The SMILES string of the molecule is COCCn1c(CSCc2ccc(Cl)cc2Cl)n[nH]c1=S. The van der Waals surface area contributed by atoms with Gasteiger partial charge in [0.15, 0.2) is 4.77 Å². The number of nitrogens with zero attached hydrogens (tertiary/aromatic N) is 2. The van der Waals surface area contributed by atoms with Crippen LogP contribution in [0.15, 0.2) is 18.2 Å². The number of methoxy groups -OCH3 is 1. The Morgan fingerprint density at radius 2 is 2.19 bits per heavy atom. The average molecular weight is 364 g/mol. The summed E-state index contributed by atoms with van der Waals surface area (Å²) < 4.78 is 7.65. The molecule has 0 atom stereocenters. The van der Waals surface area contributed by atoms with Crippen LogP contribution >= 0.6 is 47.2 Å². The van der Waals surface area contributed by atoms with Gasteiger partial charge < -0.3 is 9.30 Å². The van der Waals surface area contributed by atoms with Crippen LogP contribution in [-0.2, 0) is 22.8 Å². The molecule has 1 aromatic heterocycles. The van der Waals surface area contributed by atoms with Crippen molar-refractivity contribution in [2.75, 3.05) is 13.7 Å². The smallest absolute Gasteiger partial charge is 0.195 e. The number of halogens is 2. The first-order chi connectivity index (χ1) is 10.1. The van der Waals surface area contributed by atoms with Gasteiger partial charge in [-0.25, -0.2) is 0 Å². The molecule has 21 heavy (non-hydrogen) atoms. The monoisotopic (exact) mass is 363 g/mol. The summed E-state index contributed by atoms with van der Waals surface area (Å²) in [5.41, 5.74) is 1.06. The third kappa shape index (κ3) is 4.72. The normalized spacial score (nSPS) is 11.0. The van der Waals surface area contributed by atoms with E-state index >= 15 is 0 Å². The van der Waals surface area contributed by atoms with E-state index in [2.05, 4.69) is 10.2 Å². The molecule has 1 N–H and O–H groups in total. The van der Waals surface area contributed by atoms with Crippen LogP contribution in [0.2, 0.25) is 10.0 Å². The van der Waals surface area contributed by atoms with Gasteiger partial charge in [0.1, 0.15) is 5.82 Å². The lowest BCUT2D eigenvalue weighted by Crippen LogP contribution is -2.08. The minimum atomic E-state index is 0.606. The van der Waals surface area contributed by atoms with E-state index in [1.165, 1.54) is 0 Å². The summed E-state index contributed by atoms with van der Waals surface area (Å²) in [6.45, 7) is 1.30. The number of thioether (sulfide) groups is 1. The molecule has 0 radical (unpaired) electrons. The highest BCUT2D eigenvalue weighted by atomic mass is 35.5. The summed E-state index contributed by atoms with van der Waals surface area (Å²) in [5, 5.41) is 8.40. The number of H-pyrrole nitrogens is 1. The number of rotatable bonds is 7. The number of aromatic amines is 1. The van der Waals surface area contributed by atoms with Gasteiger partial charge in [-0.05, 0) is 29.9 Å². The molecule has 0 aliphatic carbocycles. The zero-order chi connectivity index (χ0) is 15.2. The van der Waals surface area contributed by atoms with Crippen molar-refractivity contribution >= 4 is 47.2 Å². The molecule has 0 bridgehead atoms. The number of hydrogen-bond acceptors (Lipinski definition) is 4. The maximum absolute atomic E-state index is 6.16. The third-order valence-corrected chi connectivity index (χ3v) is 4.74. The second kappa shape index (κ2) is 8.19. The van der Waals surface area contributed by atoms with Gasteiger partial charge in [0.2, 0.25) is 0 Å². The van der Waals surface area contributed by atoms with Crippen molar-refractivity contribution in [1.82, 2.24) is 14.8 Å². The predicted molar refractivity (Wildman–Crippen MR) is 90.7 cm³/mol. The Hall–Kier alpha value is -0.530. The summed E-state index contributed by atoms with van der Waals surface area (Å²) in [7, 11) is 1.67. The lowest BCUT2D eigenvalue weighted by atomic mass is 10.2. The molecule has 1 aromatic carbocycles. The molecule has 0 unspecified atom stereocenters. The van der Waals surface area contributed by atoms with Crippen LogP contribution < -0.4 is 0 Å². The van der Waals surface area contributed by atoms with Gasteiger partial charge in [0.05, 0.1) is 18.9 Å². The second-order valence-corrected chi connectivity index (χ2v) is 6.53. The van der Waals surface area contributed by atoms with E-state index in [0.29, 0.717) is 28.0 Å². The Kier molecular flexibility index (Phi) is 6.57. The standard InChI is InChI=1S/C13H15Cl2N3OS2/c1-19-5-4-18-12(16-17-13(18)20)8-21-7-9-2-3-10(14)6-11(9)15/h2-3,6H,4-5,7-8H2,1H3,(H,17,20). The quantitative estimate of drug-likeness (QED) is 0.743. The first kappa shape index (κ1) is 16.8. The predicted octanol–water partition coefficient (Wildman–Crippen LogP) is 4.33. The lowest BCUT2D eigenvalue weighted by Gasteiger charge is -2.07. The van der Waals surface area contributed by atoms with Gasteiger partial charge in [-0.1, -0.05) is 29.3 Å². The number of benzene rings is 1.